The maximum absolute atomic E-state index is 5.55. The lowest BCUT2D eigenvalue weighted by Crippen LogP contribution is -2.38. The van der Waals surface area contributed by atoms with Crippen LogP contribution in [0.3, 0.4) is 0 Å². The molecule has 0 amide bonds. The smallest absolute Gasteiger partial charge is 0.156 e. The van der Waals surface area contributed by atoms with Crippen LogP contribution in [-0.2, 0) is 13.1 Å². The molecule has 0 fully saturated rings. The van der Waals surface area contributed by atoms with Crippen LogP contribution in [0.1, 0.15) is 11.5 Å². The minimum absolute atomic E-state index is 0.419. The summed E-state index contributed by atoms with van der Waals surface area (Å²) in [6, 6.07) is 10.4. The minimum atomic E-state index is 0.419. The van der Waals surface area contributed by atoms with Crippen LogP contribution in [0.15, 0.2) is 34.9 Å². The number of likely N-dealkylation sites (N-methyl/N-ethyl adjacent to an activating group) is 1. The maximum atomic E-state index is 5.55. The molecule has 1 aliphatic rings. The molecule has 0 radical (unpaired) electrons. The highest BCUT2D eigenvalue weighted by Crippen LogP contribution is 2.32. The van der Waals surface area contributed by atoms with E-state index in [2.05, 4.69) is 46.3 Å². The number of fused-ring (bicyclic) bond motifs is 1. The Labute approximate surface area is 112 Å². The van der Waals surface area contributed by atoms with E-state index in [-0.39, 0.29) is 0 Å². The molecule has 1 aromatic heterocycles. The summed E-state index contributed by atoms with van der Waals surface area (Å²) in [5, 5.41) is 3.93. The van der Waals surface area contributed by atoms with Gasteiger partial charge in [-0.25, -0.2) is 0 Å². The molecule has 3 rings (SSSR count). The minimum Gasteiger partial charge on any atom is -0.371 e. The average Bonchev–Trinajstić information content (AvgIpc) is 2.90. The van der Waals surface area contributed by atoms with Crippen LogP contribution in [0.25, 0.3) is 0 Å². The molecule has 5 heteroatoms. The molecule has 19 heavy (non-hydrogen) atoms. The van der Waals surface area contributed by atoms with Crippen molar-refractivity contribution in [1.82, 2.24) is 5.16 Å². The fourth-order valence-electron chi connectivity index (χ4n) is 2.44. The van der Waals surface area contributed by atoms with Gasteiger partial charge in [0.05, 0.1) is 23.6 Å². The number of nitrogens with two attached hydrogens (primary N) is 1. The molecule has 1 aromatic carbocycles. The fourth-order valence-corrected chi connectivity index (χ4v) is 2.44. The van der Waals surface area contributed by atoms with E-state index in [4.69, 9.17) is 10.3 Å². The first-order chi connectivity index (χ1) is 9.28. The van der Waals surface area contributed by atoms with Crippen molar-refractivity contribution in [3.8, 4) is 0 Å². The molecule has 100 valence electrons. The van der Waals surface area contributed by atoms with Crippen molar-refractivity contribution >= 4 is 11.4 Å². The Morgan fingerprint density at radius 3 is 2.79 bits per heavy atom. The molecule has 5 nitrogen and oxygen atoms in total. The first kappa shape index (κ1) is 12.0. The average molecular weight is 258 g/mol. The van der Waals surface area contributed by atoms with Gasteiger partial charge in [0.1, 0.15) is 0 Å². The van der Waals surface area contributed by atoms with Crippen molar-refractivity contribution in [2.45, 2.75) is 13.1 Å². The second-order valence-electron chi connectivity index (χ2n) is 4.82. The van der Waals surface area contributed by atoms with Crippen LogP contribution >= 0.6 is 0 Å². The first-order valence-corrected chi connectivity index (χ1v) is 6.47. The van der Waals surface area contributed by atoms with Gasteiger partial charge in [-0.05, 0) is 12.1 Å². The van der Waals surface area contributed by atoms with Crippen LogP contribution in [0, 0.1) is 0 Å². The van der Waals surface area contributed by atoms with Crippen LogP contribution < -0.4 is 15.5 Å². The highest BCUT2D eigenvalue weighted by Gasteiger charge is 2.20. The molecule has 0 saturated carbocycles. The lowest BCUT2D eigenvalue weighted by molar-refractivity contribution is 0.375. The zero-order valence-electron chi connectivity index (χ0n) is 11.0. The van der Waals surface area contributed by atoms with Crippen LogP contribution in [0.4, 0.5) is 11.4 Å². The summed E-state index contributed by atoms with van der Waals surface area (Å²) in [6.07, 6.45) is 0. The Bertz CT molecular complexity index is 566. The Morgan fingerprint density at radius 1 is 1.26 bits per heavy atom. The molecule has 0 spiro atoms. The Hall–Kier alpha value is -2.01. The van der Waals surface area contributed by atoms with E-state index < -0.39 is 0 Å². The molecule has 1 aliphatic heterocycles. The van der Waals surface area contributed by atoms with Gasteiger partial charge in [-0.15, -0.1) is 0 Å². The summed E-state index contributed by atoms with van der Waals surface area (Å²) < 4.78 is 5.31. The van der Waals surface area contributed by atoms with Gasteiger partial charge in [0.25, 0.3) is 0 Å². The number of rotatable bonds is 3. The van der Waals surface area contributed by atoms with Crippen molar-refractivity contribution in [2.24, 2.45) is 5.73 Å². The fraction of sp³-hybridized carbons (Fsp3) is 0.357. The molecular formula is C14H18N4O. The Balaban J connectivity index is 1.84. The normalized spacial score (nSPS) is 14.6. The summed E-state index contributed by atoms with van der Waals surface area (Å²) in [6.45, 7) is 3.14. The summed E-state index contributed by atoms with van der Waals surface area (Å²) in [4.78, 5) is 4.59. The van der Waals surface area contributed by atoms with Crippen LogP contribution in [0.5, 0.6) is 0 Å². The molecule has 2 heterocycles. The third-order valence-electron chi connectivity index (χ3n) is 3.50. The van der Waals surface area contributed by atoms with Gasteiger partial charge in [0.15, 0.2) is 5.76 Å². The van der Waals surface area contributed by atoms with Gasteiger partial charge in [0.2, 0.25) is 0 Å². The van der Waals surface area contributed by atoms with Crippen molar-refractivity contribution in [3.63, 3.8) is 0 Å². The third-order valence-corrected chi connectivity index (χ3v) is 3.50. The van der Waals surface area contributed by atoms with Gasteiger partial charge in [-0.2, -0.15) is 0 Å². The van der Waals surface area contributed by atoms with Crippen LogP contribution in [-0.4, -0.2) is 25.3 Å². The van der Waals surface area contributed by atoms with Crippen molar-refractivity contribution in [2.75, 3.05) is 29.9 Å². The summed E-state index contributed by atoms with van der Waals surface area (Å²) >= 11 is 0. The number of hydrogen-bond donors (Lipinski definition) is 1. The van der Waals surface area contributed by atoms with Crippen molar-refractivity contribution in [1.29, 1.82) is 0 Å². The number of para-hydroxylation sites is 2. The van der Waals surface area contributed by atoms with E-state index in [1.165, 1.54) is 11.4 Å². The van der Waals surface area contributed by atoms with Gasteiger partial charge in [0, 0.05) is 32.7 Å². The third kappa shape index (κ3) is 2.29. The number of anilines is 2. The molecule has 0 atom stereocenters. The lowest BCUT2D eigenvalue weighted by atomic mass is 10.1. The van der Waals surface area contributed by atoms with Crippen molar-refractivity contribution < 1.29 is 4.52 Å². The van der Waals surface area contributed by atoms with Crippen LogP contribution in [0.2, 0.25) is 0 Å². The van der Waals surface area contributed by atoms with Gasteiger partial charge in [-0.3, -0.25) is 0 Å². The lowest BCUT2D eigenvalue weighted by Gasteiger charge is -2.36. The topological polar surface area (TPSA) is 58.5 Å². The second-order valence-corrected chi connectivity index (χ2v) is 4.82. The standard InChI is InChI=1S/C14H18N4O/c1-17-6-7-18(14-5-3-2-4-13(14)17)10-12-8-11(9-15)16-19-12/h2-5,8H,6-7,9-10,15H2,1H3. The van der Waals surface area contributed by atoms with E-state index in [1.54, 1.807) is 0 Å². The predicted molar refractivity (Wildman–Crippen MR) is 75.2 cm³/mol. The Morgan fingerprint density at radius 2 is 2.05 bits per heavy atom. The van der Waals surface area contributed by atoms with E-state index in [1.807, 2.05) is 6.07 Å². The van der Waals surface area contributed by atoms with Crippen molar-refractivity contribution in [3.05, 3.63) is 41.8 Å². The Kier molecular flexibility index (Phi) is 3.13. The van der Waals surface area contributed by atoms with E-state index >= 15 is 0 Å². The molecule has 0 unspecified atom stereocenters. The summed E-state index contributed by atoms with van der Waals surface area (Å²) in [5.74, 6) is 0.861. The largest absolute Gasteiger partial charge is 0.371 e. The van der Waals surface area contributed by atoms with E-state index in [9.17, 15) is 0 Å². The SMILES string of the molecule is CN1CCN(Cc2cc(CN)no2)c2ccccc21. The second kappa shape index (κ2) is 4.93. The molecule has 0 bridgehead atoms. The number of hydrogen-bond acceptors (Lipinski definition) is 5. The number of nitrogens with zero attached hydrogens (tertiary/aromatic N) is 3. The first-order valence-electron chi connectivity index (χ1n) is 6.47. The zero-order chi connectivity index (χ0) is 13.2. The monoisotopic (exact) mass is 258 g/mol. The zero-order valence-corrected chi connectivity index (χ0v) is 11.0. The predicted octanol–water partition coefficient (Wildman–Crippen LogP) is 1.59. The quantitative estimate of drug-likeness (QED) is 0.906. The summed E-state index contributed by atoms with van der Waals surface area (Å²) in [5.41, 5.74) is 8.85. The van der Waals surface area contributed by atoms with Gasteiger partial charge >= 0.3 is 0 Å². The summed E-state index contributed by atoms with van der Waals surface area (Å²) in [7, 11) is 2.12. The van der Waals surface area contributed by atoms with Gasteiger partial charge in [-0.1, -0.05) is 17.3 Å². The molecular weight excluding hydrogens is 240 g/mol. The van der Waals surface area contributed by atoms with E-state index in [0.717, 1.165) is 31.1 Å². The molecule has 0 aliphatic carbocycles. The van der Waals surface area contributed by atoms with Gasteiger partial charge < -0.3 is 20.1 Å². The number of benzene rings is 1. The highest BCUT2D eigenvalue weighted by molar-refractivity contribution is 5.72. The molecule has 2 aromatic rings. The number of aromatic nitrogens is 1. The van der Waals surface area contributed by atoms with E-state index in [0.29, 0.717) is 6.54 Å². The molecule has 2 N–H and O–H groups in total. The maximum Gasteiger partial charge on any atom is 0.156 e. The molecule has 0 saturated heterocycles. The highest BCUT2D eigenvalue weighted by atomic mass is 16.5.